The minimum absolute atomic E-state index is 0.0286. The smallest absolute Gasteiger partial charge is 0.252 e. The Morgan fingerprint density at radius 2 is 1.76 bits per heavy atom. The van der Waals surface area contributed by atoms with Crippen molar-refractivity contribution in [2.75, 3.05) is 13.7 Å². The number of carbonyl (C=O) groups excluding carboxylic acids is 2. The summed E-state index contributed by atoms with van der Waals surface area (Å²) in [6.45, 7) is 0.638. The Bertz CT molecular complexity index is 1480. The molecular formula is C27H24F3N3O4. The van der Waals surface area contributed by atoms with Gasteiger partial charge in [0.05, 0.1) is 19.1 Å². The van der Waals surface area contributed by atoms with Crippen molar-refractivity contribution in [3.05, 3.63) is 94.4 Å². The predicted molar refractivity (Wildman–Crippen MR) is 131 cm³/mol. The number of hydrogen-bond acceptors (Lipinski definition) is 4. The van der Waals surface area contributed by atoms with Crippen LogP contribution in [-0.4, -0.2) is 35.1 Å². The lowest BCUT2D eigenvalue weighted by Crippen LogP contribution is -2.27. The molecule has 1 heterocycles. The molecule has 1 aromatic heterocycles. The molecule has 0 spiro atoms. The molecule has 37 heavy (non-hydrogen) atoms. The fraction of sp³-hybridized carbons (Fsp3) is 0.185. The minimum atomic E-state index is -1.57. The van der Waals surface area contributed by atoms with Crippen LogP contribution in [0.25, 0.3) is 10.9 Å². The second-order valence-corrected chi connectivity index (χ2v) is 8.53. The molecule has 0 fully saturated rings. The third-order valence-electron chi connectivity index (χ3n) is 5.98. The van der Waals surface area contributed by atoms with Crippen molar-refractivity contribution in [1.82, 2.24) is 9.88 Å². The number of nitrogens with two attached hydrogens (primary N) is 1. The van der Waals surface area contributed by atoms with Crippen LogP contribution in [-0.2, 0) is 24.2 Å². The van der Waals surface area contributed by atoms with Crippen LogP contribution in [0.5, 0.6) is 11.5 Å². The van der Waals surface area contributed by atoms with E-state index >= 15 is 0 Å². The van der Waals surface area contributed by atoms with Gasteiger partial charge in [-0.15, -0.1) is 0 Å². The molecule has 0 bridgehead atoms. The molecule has 0 radical (unpaired) electrons. The van der Waals surface area contributed by atoms with Crippen LogP contribution >= 0.6 is 0 Å². The summed E-state index contributed by atoms with van der Waals surface area (Å²) in [5.41, 5.74) is 7.86. The number of phenols is 1. The van der Waals surface area contributed by atoms with E-state index in [0.717, 1.165) is 34.2 Å². The Morgan fingerprint density at radius 3 is 2.41 bits per heavy atom. The fourth-order valence-corrected chi connectivity index (χ4v) is 4.18. The van der Waals surface area contributed by atoms with Crippen LogP contribution in [0.15, 0.2) is 54.7 Å². The Morgan fingerprint density at radius 1 is 1.03 bits per heavy atom. The maximum absolute atomic E-state index is 13.4. The molecule has 4 N–H and O–H groups in total. The largest absolute Gasteiger partial charge is 0.507 e. The average Bonchev–Trinajstić information content (AvgIpc) is 3.18. The zero-order valence-electron chi connectivity index (χ0n) is 19.9. The first-order valence-electron chi connectivity index (χ1n) is 11.3. The van der Waals surface area contributed by atoms with Gasteiger partial charge in [0, 0.05) is 30.2 Å². The number of aromatic hydroxyl groups is 1. The Hall–Kier alpha value is -4.47. The Labute approximate surface area is 210 Å². The van der Waals surface area contributed by atoms with Crippen LogP contribution in [0, 0.1) is 17.5 Å². The molecule has 10 heteroatoms. The van der Waals surface area contributed by atoms with Gasteiger partial charge < -0.3 is 25.5 Å². The fourth-order valence-electron chi connectivity index (χ4n) is 4.18. The van der Waals surface area contributed by atoms with E-state index in [1.54, 1.807) is 13.2 Å². The van der Waals surface area contributed by atoms with E-state index in [-0.39, 0.29) is 29.8 Å². The summed E-state index contributed by atoms with van der Waals surface area (Å²) in [4.78, 5) is 23.7. The Balaban J connectivity index is 1.50. The first-order chi connectivity index (χ1) is 17.7. The summed E-state index contributed by atoms with van der Waals surface area (Å²) in [6, 6.07) is 11.8. The molecule has 0 saturated heterocycles. The van der Waals surface area contributed by atoms with Gasteiger partial charge >= 0.3 is 0 Å². The molecule has 7 nitrogen and oxygen atoms in total. The summed E-state index contributed by atoms with van der Waals surface area (Å²) < 4.78 is 47.3. The van der Waals surface area contributed by atoms with E-state index in [1.807, 2.05) is 29.0 Å². The lowest BCUT2D eigenvalue weighted by atomic mass is 10.1. The van der Waals surface area contributed by atoms with Crippen molar-refractivity contribution >= 4 is 22.7 Å². The van der Waals surface area contributed by atoms with Crippen LogP contribution in [0.3, 0.4) is 0 Å². The normalized spacial score (nSPS) is 11.0. The van der Waals surface area contributed by atoms with Gasteiger partial charge in [-0.3, -0.25) is 9.59 Å². The first-order valence-corrected chi connectivity index (χ1v) is 11.3. The van der Waals surface area contributed by atoms with Crippen molar-refractivity contribution in [1.29, 1.82) is 0 Å². The van der Waals surface area contributed by atoms with Crippen LogP contribution in [0.4, 0.5) is 13.2 Å². The highest BCUT2D eigenvalue weighted by Crippen LogP contribution is 2.28. The highest BCUT2D eigenvalue weighted by Gasteiger charge is 2.15. The topological polar surface area (TPSA) is 107 Å². The monoisotopic (exact) mass is 511 g/mol. The lowest BCUT2D eigenvalue weighted by molar-refractivity contribution is -0.120. The van der Waals surface area contributed by atoms with Gasteiger partial charge in [0.1, 0.15) is 11.5 Å². The first kappa shape index (κ1) is 25.6. The minimum Gasteiger partial charge on any atom is -0.507 e. The number of fused-ring (bicyclic) bond motifs is 1. The van der Waals surface area contributed by atoms with Crippen LogP contribution in [0.1, 0.15) is 27.0 Å². The predicted octanol–water partition coefficient (Wildman–Crippen LogP) is 3.82. The maximum atomic E-state index is 13.4. The van der Waals surface area contributed by atoms with Gasteiger partial charge in [-0.2, -0.15) is 0 Å². The van der Waals surface area contributed by atoms with Crippen LogP contribution < -0.4 is 15.8 Å². The molecule has 0 aliphatic heterocycles. The number of amides is 2. The van der Waals surface area contributed by atoms with E-state index in [4.69, 9.17) is 10.5 Å². The van der Waals surface area contributed by atoms with E-state index in [2.05, 4.69) is 5.32 Å². The SMILES string of the molecule is COc1ccc2c(c1)c(CCNC(=O)Cc1cc(F)c(F)c(F)c1)cn2Cc1ccc(C(N)=O)c(O)c1. The number of primary amides is 1. The molecular weight excluding hydrogens is 487 g/mol. The zero-order valence-corrected chi connectivity index (χ0v) is 19.9. The number of halogens is 3. The molecule has 0 saturated carbocycles. The average molecular weight is 512 g/mol. The molecule has 0 aliphatic rings. The van der Waals surface area contributed by atoms with E-state index in [0.29, 0.717) is 18.7 Å². The highest BCUT2D eigenvalue weighted by molar-refractivity contribution is 5.95. The highest BCUT2D eigenvalue weighted by atomic mass is 19.2. The van der Waals surface area contributed by atoms with Gasteiger partial charge in [-0.1, -0.05) is 6.07 Å². The zero-order chi connectivity index (χ0) is 26.7. The van der Waals surface area contributed by atoms with E-state index < -0.39 is 29.3 Å². The second kappa shape index (κ2) is 10.7. The quantitative estimate of drug-likeness (QED) is 0.297. The number of benzene rings is 3. The van der Waals surface area contributed by atoms with Crippen molar-refractivity contribution in [3.63, 3.8) is 0 Å². The molecule has 0 aliphatic carbocycles. The summed E-state index contributed by atoms with van der Waals surface area (Å²) >= 11 is 0. The van der Waals surface area contributed by atoms with Gasteiger partial charge in [-0.05, 0) is 65.6 Å². The number of ether oxygens (including phenoxy) is 1. The van der Waals surface area contributed by atoms with Gasteiger partial charge in [-0.25, -0.2) is 13.2 Å². The maximum Gasteiger partial charge on any atom is 0.252 e. The van der Waals surface area contributed by atoms with Gasteiger partial charge in [0.25, 0.3) is 5.91 Å². The van der Waals surface area contributed by atoms with Crippen molar-refractivity contribution in [2.45, 2.75) is 19.4 Å². The molecule has 192 valence electrons. The standard InChI is InChI=1S/C27H24F3N3O4/c1-37-18-3-5-23-20(12-18)17(14-33(23)13-15-2-4-19(27(31)36)24(34)10-15)6-7-32-25(35)11-16-8-21(28)26(30)22(29)9-16/h2-5,8-10,12,14,34H,6-7,11,13H2,1H3,(H2,31,36)(H,32,35). The van der Waals surface area contributed by atoms with Gasteiger partial charge in [0.15, 0.2) is 17.5 Å². The number of hydrogen-bond donors (Lipinski definition) is 3. The molecule has 0 unspecified atom stereocenters. The van der Waals surface area contributed by atoms with E-state index in [9.17, 15) is 27.9 Å². The van der Waals surface area contributed by atoms with Crippen molar-refractivity contribution in [2.24, 2.45) is 5.73 Å². The molecule has 4 rings (SSSR count). The summed E-state index contributed by atoms with van der Waals surface area (Å²) in [5, 5.41) is 13.7. The summed E-state index contributed by atoms with van der Waals surface area (Å²) in [6.07, 6.45) is 2.06. The summed E-state index contributed by atoms with van der Waals surface area (Å²) in [5.74, 6) is -5.00. The third-order valence-corrected chi connectivity index (χ3v) is 5.98. The van der Waals surface area contributed by atoms with Gasteiger partial charge in [0.2, 0.25) is 5.91 Å². The van der Waals surface area contributed by atoms with E-state index in [1.165, 1.54) is 12.1 Å². The lowest BCUT2D eigenvalue weighted by Gasteiger charge is -2.08. The number of aromatic nitrogens is 1. The molecule has 0 atom stereocenters. The van der Waals surface area contributed by atoms with Crippen molar-refractivity contribution < 1.29 is 32.6 Å². The molecule has 2 amide bonds. The number of nitrogens with zero attached hydrogens (tertiary/aromatic N) is 1. The summed E-state index contributed by atoms with van der Waals surface area (Å²) in [7, 11) is 1.56. The van der Waals surface area contributed by atoms with Crippen molar-refractivity contribution in [3.8, 4) is 11.5 Å². The number of methoxy groups -OCH3 is 1. The molecule has 3 aromatic carbocycles. The number of rotatable bonds is 9. The number of nitrogens with one attached hydrogen (secondary N) is 1. The Kier molecular flexibility index (Phi) is 7.37. The van der Waals surface area contributed by atoms with Crippen LogP contribution in [0.2, 0.25) is 0 Å². The molecule has 4 aromatic rings. The second-order valence-electron chi connectivity index (χ2n) is 8.53. The third kappa shape index (κ3) is 5.69. The number of carbonyl (C=O) groups is 2.